The van der Waals surface area contributed by atoms with Gasteiger partial charge in [0.15, 0.2) is 5.75 Å². The van der Waals surface area contributed by atoms with Crippen LogP contribution in [0.3, 0.4) is 0 Å². The minimum atomic E-state index is 0.210. The highest BCUT2D eigenvalue weighted by atomic mass is 16.5. The second kappa shape index (κ2) is 5.83. The van der Waals surface area contributed by atoms with Gasteiger partial charge >= 0.3 is 6.01 Å². The molecule has 0 unspecified atom stereocenters. The monoisotopic (exact) mass is 281 g/mol. The summed E-state index contributed by atoms with van der Waals surface area (Å²) >= 11 is 0. The van der Waals surface area contributed by atoms with E-state index in [1.807, 2.05) is 30.3 Å². The van der Waals surface area contributed by atoms with E-state index in [4.69, 9.17) is 4.74 Å². The maximum absolute atomic E-state index is 10.6. The lowest BCUT2D eigenvalue weighted by atomic mass is 10.3. The number of carbonyl (C=O) groups is 1. The molecule has 104 valence electrons. The largest absolute Gasteiger partial charge is 0.421 e. The molecule has 0 aliphatic heterocycles. The fourth-order valence-corrected chi connectivity index (χ4v) is 1.81. The van der Waals surface area contributed by atoms with Crippen molar-refractivity contribution in [1.82, 2.24) is 20.2 Å². The van der Waals surface area contributed by atoms with Gasteiger partial charge in [-0.2, -0.15) is 4.68 Å². The number of nitrogens with one attached hydrogen (secondary N) is 1. The Hall–Kier alpha value is -3.22. The van der Waals surface area contributed by atoms with Crippen LogP contribution < -0.4 is 10.1 Å². The summed E-state index contributed by atoms with van der Waals surface area (Å²) in [5.41, 5.74) is 1.31. The SMILES string of the molecule is O=CNc1ccccc1Oc1nnnn1-c1ccccc1. The lowest BCUT2D eigenvalue weighted by Crippen LogP contribution is -2.02. The Morgan fingerprint density at radius 3 is 2.62 bits per heavy atom. The summed E-state index contributed by atoms with van der Waals surface area (Å²) in [5.74, 6) is 0.455. The Labute approximate surface area is 120 Å². The molecule has 21 heavy (non-hydrogen) atoms. The lowest BCUT2D eigenvalue weighted by molar-refractivity contribution is -0.105. The molecule has 1 heterocycles. The highest BCUT2D eigenvalue weighted by molar-refractivity contribution is 5.75. The van der Waals surface area contributed by atoms with Crippen LogP contribution in [0.5, 0.6) is 11.8 Å². The number of anilines is 1. The zero-order valence-electron chi connectivity index (χ0n) is 10.9. The molecule has 0 spiro atoms. The predicted octanol–water partition coefficient (Wildman–Crippen LogP) is 2.02. The Morgan fingerprint density at radius 1 is 1.05 bits per heavy atom. The molecule has 3 rings (SSSR count). The van der Waals surface area contributed by atoms with Gasteiger partial charge in [-0.15, -0.1) is 0 Å². The zero-order valence-corrected chi connectivity index (χ0v) is 10.9. The number of para-hydroxylation sites is 3. The molecule has 1 aromatic heterocycles. The molecule has 2 aromatic carbocycles. The Kier molecular flexibility index (Phi) is 3.55. The molecule has 3 aromatic rings. The lowest BCUT2D eigenvalue weighted by Gasteiger charge is -2.09. The van der Waals surface area contributed by atoms with Crippen molar-refractivity contribution in [2.24, 2.45) is 0 Å². The van der Waals surface area contributed by atoms with E-state index in [9.17, 15) is 4.79 Å². The summed E-state index contributed by atoms with van der Waals surface area (Å²) in [6, 6.07) is 16.6. The summed E-state index contributed by atoms with van der Waals surface area (Å²) in [7, 11) is 0. The number of ether oxygens (including phenoxy) is 1. The van der Waals surface area contributed by atoms with Crippen molar-refractivity contribution < 1.29 is 9.53 Å². The number of hydrogen-bond donors (Lipinski definition) is 1. The van der Waals surface area contributed by atoms with Gasteiger partial charge in [0.1, 0.15) is 0 Å². The van der Waals surface area contributed by atoms with Crippen molar-refractivity contribution in [2.45, 2.75) is 0 Å². The first kappa shape index (κ1) is 12.8. The Balaban J connectivity index is 1.94. The first-order valence-electron chi connectivity index (χ1n) is 6.19. The van der Waals surface area contributed by atoms with Gasteiger partial charge in [-0.25, -0.2) is 0 Å². The third kappa shape index (κ3) is 2.71. The molecule has 7 heteroatoms. The van der Waals surface area contributed by atoms with Gasteiger partial charge in [-0.05, 0) is 34.7 Å². The van der Waals surface area contributed by atoms with Crippen molar-refractivity contribution in [3.8, 4) is 17.4 Å². The molecule has 0 aliphatic rings. The smallest absolute Gasteiger partial charge is 0.345 e. The van der Waals surface area contributed by atoms with Crippen LogP contribution in [0.2, 0.25) is 0 Å². The van der Waals surface area contributed by atoms with E-state index >= 15 is 0 Å². The molecule has 7 nitrogen and oxygen atoms in total. The number of rotatable bonds is 5. The minimum absolute atomic E-state index is 0.210. The van der Waals surface area contributed by atoms with Crippen LogP contribution in [0, 0.1) is 0 Å². The Morgan fingerprint density at radius 2 is 1.81 bits per heavy atom. The van der Waals surface area contributed by atoms with Crippen LogP contribution in [0.15, 0.2) is 54.6 Å². The number of aromatic nitrogens is 4. The number of benzene rings is 2. The predicted molar refractivity (Wildman–Crippen MR) is 75.4 cm³/mol. The van der Waals surface area contributed by atoms with E-state index in [-0.39, 0.29) is 6.01 Å². The first-order chi connectivity index (χ1) is 10.4. The average Bonchev–Trinajstić information content (AvgIpc) is 2.99. The van der Waals surface area contributed by atoms with Crippen LogP contribution in [0.4, 0.5) is 5.69 Å². The van der Waals surface area contributed by atoms with E-state index in [1.165, 1.54) is 4.68 Å². The molecular formula is C14H11N5O2. The van der Waals surface area contributed by atoms with E-state index in [1.54, 1.807) is 24.3 Å². The van der Waals surface area contributed by atoms with E-state index in [0.29, 0.717) is 17.8 Å². The molecule has 0 radical (unpaired) electrons. The number of nitrogens with zero attached hydrogens (tertiary/aromatic N) is 4. The number of amides is 1. The summed E-state index contributed by atoms with van der Waals surface area (Å²) in [5, 5.41) is 13.9. The number of carbonyl (C=O) groups excluding carboxylic acids is 1. The second-order valence-corrected chi connectivity index (χ2v) is 4.07. The summed E-state index contributed by atoms with van der Waals surface area (Å²) in [4.78, 5) is 10.6. The summed E-state index contributed by atoms with van der Waals surface area (Å²) in [6.07, 6.45) is 0.586. The highest BCUT2D eigenvalue weighted by Gasteiger charge is 2.12. The molecule has 1 amide bonds. The minimum Gasteiger partial charge on any atom is -0.421 e. The molecule has 1 N–H and O–H groups in total. The average molecular weight is 281 g/mol. The quantitative estimate of drug-likeness (QED) is 0.723. The van der Waals surface area contributed by atoms with Crippen molar-refractivity contribution in [3.63, 3.8) is 0 Å². The van der Waals surface area contributed by atoms with Gasteiger partial charge in [-0.3, -0.25) is 4.79 Å². The zero-order chi connectivity index (χ0) is 14.5. The van der Waals surface area contributed by atoms with Crippen LogP contribution in [0.25, 0.3) is 5.69 Å². The molecule has 0 saturated carbocycles. The maximum Gasteiger partial charge on any atom is 0.345 e. The van der Waals surface area contributed by atoms with Crippen molar-refractivity contribution in [2.75, 3.05) is 5.32 Å². The van der Waals surface area contributed by atoms with E-state index in [0.717, 1.165) is 5.69 Å². The molecule has 0 atom stereocenters. The van der Waals surface area contributed by atoms with Gasteiger partial charge in [-0.1, -0.05) is 35.4 Å². The molecule has 0 bridgehead atoms. The Bertz CT molecular complexity index is 742. The molecule has 0 aliphatic carbocycles. The van der Waals surface area contributed by atoms with Crippen molar-refractivity contribution in [3.05, 3.63) is 54.6 Å². The first-order valence-corrected chi connectivity index (χ1v) is 6.19. The highest BCUT2D eigenvalue weighted by Crippen LogP contribution is 2.28. The second-order valence-electron chi connectivity index (χ2n) is 4.07. The maximum atomic E-state index is 10.6. The van der Waals surface area contributed by atoms with Gasteiger partial charge in [0.25, 0.3) is 0 Å². The van der Waals surface area contributed by atoms with Gasteiger partial charge in [0, 0.05) is 0 Å². The van der Waals surface area contributed by atoms with Gasteiger partial charge in [0.05, 0.1) is 11.4 Å². The van der Waals surface area contributed by atoms with Crippen molar-refractivity contribution >= 4 is 12.1 Å². The fourth-order valence-electron chi connectivity index (χ4n) is 1.81. The van der Waals surface area contributed by atoms with Crippen LogP contribution in [-0.4, -0.2) is 26.6 Å². The fraction of sp³-hybridized carbons (Fsp3) is 0. The topological polar surface area (TPSA) is 81.9 Å². The molecule has 0 fully saturated rings. The van der Waals surface area contributed by atoms with Crippen molar-refractivity contribution in [1.29, 1.82) is 0 Å². The van der Waals surface area contributed by atoms with Crippen LogP contribution in [-0.2, 0) is 4.79 Å². The number of tetrazole rings is 1. The van der Waals surface area contributed by atoms with Crippen LogP contribution in [0.1, 0.15) is 0 Å². The molecular weight excluding hydrogens is 270 g/mol. The van der Waals surface area contributed by atoms with Gasteiger partial charge < -0.3 is 10.1 Å². The number of hydrogen-bond acceptors (Lipinski definition) is 5. The third-order valence-electron chi connectivity index (χ3n) is 2.74. The normalized spacial score (nSPS) is 10.1. The van der Waals surface area contributed by atoms with E-state index in [2.05, 4.69) is 20.8 Å². The standard InChI is InChI=1S/C14H11N5O2/c20-10-15-12-8-4-5-9-13(12)21-14-16-17-18-19(14)11-6-2-1-3-7-11/h1-10H,(H,15,20). The summed E-state index contributed by atoms with van der Waals surface area (Å²) in [6.45, 7) is 0. The third-order valence-corrected chi connectivity index (χ3v) is 2.74. The molecule has 0 saturated heterocycles. The van der Waals surface area contributed by atoms with Crippen LogP contribution >= 0.6 is 0 Å². The van der Waals surface area contributed by atoms with E-state index < -0.39 is 0 Å². The van der Waals surface area contributed by atoms with Gasteiger partial charge in [0.2, 0.25) is 6.41 Å². The summed E-state index contributed by atoms with van der Waals surface area (Å²) < 4.78 is 7.16.